The third-order valence-corrected chi connectivity index (χ3v) is 4.08. The number of amides is 1. The Morgan fingerprint density at radius 1 is 0.960 bits per heavy atom. The van der Waals surface area contributed by atoms with E-state index in [-0.39, 0.29) is 18.6 Å². The minimum absolute atomic E-state index is 0.0139. The normalized spacial score (nSPS) is 12.2. The second-order valence-corrected chi connectivity index (χ2v) is 7.23. The average molecular weight is 339 g/mol. The van der Waals surface area contributed by atoms with Crippen molar-refractivity contribution >= 4 is 5.91 Å². The number of carbonyl (C=O) groups excluding carboxylic acids is 1. The highest BCUT2D eigenvalue weighted by molar-refractivity contribution is 5.78. The van der Waals surface area contributed by atoms with Crippen LogP contribution in [-0.2, 0) is 11.2 Å². The predicted octanol–water partition coefficient (Wildman–Crippen LogP) is 4.78. The van der Waals surface area contributed by atoms with Gasteiger partial charge in [-0.25, -0.2) is 0 Å². The zero-order chi connectivity index (χ0) is 18.2. The summed E-state index contributed by atoms with van der Waals surface area (Å²) in [4.78, 5) is 12.3. The van der Waals surface area contributed by atoms with Gasteiger partial charge >= 0.3 is 0 Å². The lowest BCUT2D eigenvalue weighted by molar-refractivity contribution is -0.124. The van der Waals surface area contributed by atoms with Gasteiger partial charge in [0.05, 0.1) is 6.04 Å². The molecule has 2 aromatic rings. The number of hydrogen-bond donors (Lipinski definition) is 1. The van der Waals surface area contributed by atoms with E-state index in [0.29, 0.717) is 17.6 Å². The van der Waals surface area contributed by atoms with Crippen molar-refractivity contribution in [1.29, 1.82) is 0 Å². The fraction of sp³-hybridized carbons (Fsp3) is 0.409. The van der Waals surface area contributed by atoms with Crippen molar-refractivity contribution in [3.8, 4) is 5.75 Å². The second-order valence-electron chi connectivity index (χ2n) is 7.23. The van der Waals surface area contributed by atoms with Crippen molar-refractivity contribution in [2.45, 2.75) is 40.2 Å². The standard InChI is InChI=1S/C22H29NO2/c1-16(2)14-18-10-12-19(13-11-18)22(17(3)4)23-21(24)15-25-20-8-6-5-7-9-20/h5-13,16-17,22H,14-15H2,1-4H3,(H,23,24). The van der Waals surface area contributed by atoms with Crippen LogP contribution in [0.4, 0.5) is 0 Å². The molecule has 0 saturated carbocycles. The molecule has 134 valence electrons. The minimum Gasteiger partial charge on any atom is -0.484 e. The van der Waals surface area contributed by atoms with Gasteiger partial charge in [0.1, 0.15) is 5.75 Å². The van der Waals surface area contributed by atoms with Crippen LogP contribution in [0.3, 0.4) is 0 Å². The van der Waals surface area contributed by atoms with E-state index < -0.39 is 0 Å². The summed E-state index contributed by atoms with van der Waals surface area (Å²) in [7, 11) is 0. The molecule has 0 fully saturated rings. The largest absolute Gasteiger partial charge is 0.484 e. The Bertz CT molecular complexity index is 647. The Balaban J connectivity index is 1.96. The molecular formula is C22H29NO2. The molecule has 0 saturated heterocycles. The summed E-state index contributed by atoms with van der Waals surface area (Å²) < 4.78 is 5.54. The lowest BCUT2D eigenvalue weighted by Crippen LogP contribution is -2.35. The number of rotatable bonds is 8. The molecule has 0 aromatic heterocycles. The van der Waals surface area contributed by atoms with E-state index in [9.17, 15) is 4.79 Å². The maximum atomic E-state index is 12.3. The average Bonchev–Trinajstić information content (AvgIpc) is 2.59. The van der Waals surface area contributed by atoms with E-state index in [1.165, 1.54) is 5.56 Å². The molecular weight excluding hydrogens is 310 g/mol. The topological polar surface area (TPSA) is 38.3 Å². The Kier molecular flexibility index (Phi) is 7.05. The molecule has 0 aliphatic carbocycles. The first-order valence-electron chi connectivity index (χ1n) is 9.01. The molecule has 0 aliphatic heterocycles. The van der Waals surface area contributed by atoms with Gasteiger partial charge in [-0.2, -0.15) is 0 Å². The van der Waals surface area contributed by atoms with Crippen molar-refractivity contribution in [3.63, 3.8) is 0 Å². The maximum Gasteiger partial charge on any atom is 0.258 e. The lowest BCUT2D eigenvalue weighted by Gasteiger charge is -2.23. The van der Waals surface area contributed by atoms with E-state index in [1.54, 1.807) is 0 Å². The summed E-state index contributed by atoms with van der Waals surface area (Å²) in [5.74, 6) is 1.55. The van der Waals surface area contributed by atoms with E-state index in [2.05, 4.69) is 57.3 Å². The Morgan fingerprint density at radius 2 is 1.60 bits per heavy atom. The summed E-state index contributed by atoms with van der Waals surface area (Å²) in [6, 6.07) is 18.0. The van der Waals surface area contributed by atoms with Crippen LogP contribution >= 0.6 is 0 Å². The monoisotopic (exact) mass is 339 g/mol. The van der Waals surface area contributed by atoms with Gasteiger partial charge < -0.3 is 10.1 Å². The SMILES string of the molecule is CC(C)Cc1ccc(C(NC(=O)COc2ccccc2)C(C)C)cc1. The number of benzene rings is 2. The van der Waals surface area contributed by atoms with Crippen LogP contribution in [0.25, 0.3) is 0 Å². The molecule has 1 atom stereocenters. The number of hydrogen-bond acceptors (Lipinski definition) is 2. The number of carbonyl (C=O) groups is 1. The molecule has 1 N–H and O–H groups in total. The van der Waals surface area contributed by atoms with E-state index >= 15 is 0 Å². The van der Waals surface area contributed by atoms with Gasteiger partial charge in [-0.3, -0.25) is 4.79 Å². The molecule has 0 heterocycles. The van der Waals surface area contributed by atoms with Crippen LogP contribution < -0.4 is 10.1 Å². The van der Waals surface area contributed by atoms with E-state index in [1.807, 2.05) is 30.3 Å². The van der Waals surface area contributed by atoms with Crippen LogP contribution in [0.1, 0.15) is 44.9 Å². The lowest BCUT2D eigenvalue weighted by atomic mass is 9.93. The Hall–Kier alpha value is -2.29. The molecule has 25 heavy (non-hydrogen) atoms. The van der Waals surface area contributed by atoms with Crippen molar-refractivity contribution in [2.75, 3.05) is 6.61 Å². The first kappa shape index (κ1) is 19.0. The summed E-state index contributed by atoms with van der Waals surface area (Å²) in [5.41, 5.74) is 2.47. The highest BCUT2D eigenvalue weighted by atomic mass is 16.5. The molecule has 3 heteroatoms. The molecule has 2 aromatic carbocycles. The second kappa shape index (κ2) is 9.26. The molecule has 1 amide bonds. The van der Waals surface area contributed by atoms with E-state index in [4.69, 9.17) is 4.74 Å². The molecule has 0 bridgehead atoms. The summed E-state index contributed by atoms with van der Waals surface area (Å²) >= 11 is 0. The first-order chi connectivity index (χ1) is 12.0. The number of nitrogens with one attached hydrogen (secondary N) is 1. The third-order valence-electron chi connectivity index (χ3n) is 4.08. The van der Waals surface area contributed by atoms with Gasteiger partial charge in [0.25, 0.3) is 5.91 Å². The van der Waals surface area contributed by atoms with Crippen LogP contribution in [0.15, 0.2) is 54.6 Å². The van der Waals surface area contributed by atoms with Gasteiger partial charge in [-0.15, -0.1) is 0 Å². The van der Waals surface area contributed by atoms with Gasteiger partial charge in [-0.1, -0.05) is 70.2 Å². The zero-order valence-electron chi connectivity index (χ0n) is 15.7. The van der Waals surface area contributed by atoms with E-state index in [0.717, 1.165) is 12.0 Å². The third kappa shape index (κ3) is 6.26. The Labute approximate surface area is 151 Å². The van der Waals surface area contributed by atoms with Gasteiger partial charge in [-0.05, 0) is 41.5 Å². The molecule has 0 spiro atoms. The quantitative estimate of drug-likeness (QED) is 0.752. The Morgan fingerprint density at radius 3 is 2.16 bits per heavy atom. The molecule has 0 radical (unpaired) electrons. The fourth-order valence-electron chi connectivity index (χ4n) is 2.85. The summed E-state index contributed by atoms with van der Waals surface area (Å²) in [6.45, 7) is 8.70. The van der Waals surface area contributed by atoms with Crippen molar-refractivity contribution in [2.24, 2.45) is 11.8 Å². The molecule has 2 rings (SSSR count). The van der Waals surface area contributed by atoms with Crippen LogP contribution in [0.5, 0.6) is 5.75 Å². The van der Waals surface area contributed by atoms with Gasteiger partial charge in [0, 0.05) is 0 Å². The number of ether oxygens (including phenoxy) is 1. The van der Waals surface area contributed by atoms with Gasteiger partial charge in [0.2, 0.25) is 0 Å². The smallest absolute Gasteiger partial charge is 0.258 e. The van der Waals surface area contributed by atoms with Crippen LogP contribution in [0, 0.1) is 11.8 Å². The predicted molar refractivity (Wildman–Crippen MR) is 103 cm³/mol. The van der Waals surface area contributed by atoms with Crippen LogP contribution in [-0.4, -0.2) is 12.5 Å². The first-order valence-corrected chi connectivity index (χ1v) is 9.01. The zero-order valence-corrected chi connectivity index (χ0v) is 15.7. The van der Waals surface area contributed by atoms with Crippen LogP contribution in [0.2, 0.25) is 0 Å². The van der Waals surface area contributed by atoms with Crippen molar-refractivity contribution in [3.05, 3.63) is 65.7 Å². The molecule has 3 nitrogen and oxygen atoms in total. The highest BCUT2D eigenvalue weighted by Crippen LogP contribution is 2.23. The molecule has 0 aliphatic rings. The maximum absolute atomic E-state index is 12.3. The van der Waals surface area contributed by atoms with Crippen molar-refractivity contribution in [1.82, 2.24) is 5.32 Å². The summed E-state index contributed by atoms with van der Waals surface area (Å²) in [6.07, 6.45) is 1.07. The van der Waals surface area contributed by atoms with Gasteiger partial charge in [0.15, 0.2) is 6.61 Å². The molecule has 1 unspecified atom stereocenters. The van der Waals surface area contributed by atoms with Crippen molar-refractivity contribution < 1.29 is 9.53 Å². The minimum atomic E-state index is -0.103. The summed E-state index contributed by atoms with van der Waals surface area (Å²) in [5, 5.41) is 3.10. The number of para-hydroxylation sites is 1. The highest BCUT2D eigenvalue weighted by Gasteiger charge is 2.18. The fourth-order valence-corrected chi connectivity index (χ4v) is 2.85.